The van der Waals surface area contributed by atoms with Gasteiger partial charge in [-0.25, -0.2) is 9.78 Å². The fourth-order valence-electron chi connectivity index (χ4n) is 1.87. The van der Waals surface area contributed by atoms with Crippen molar-refractivity contribution in [3.8, 4) is 5.88 Å². The Morgan fingerprint density at radius 1 is 1.56 bits per heavy atom. The van der Waals surface area contributed by atoms with Gasteiger partial charge in [0.15, 0.2) is 11.6 Å². The zero-order chi connectivity index (χ0) is 13.1. The van der Waals surface area contributed by atoms with Crippen LogP contribution in [0, 0.1) is 0 Å². The lowest BCUT2D eigenvalue weighted by Gasteiger charge is -2.02. The van der Waals surface area contributed by atoms with E-state index >= 15 is 0 Å². The summed E-state index contributed by atoms with van der Waals surface area (Å²) < 4.78 is 6.22. The number of hydrogen-bond donors (Lipinski definition) is 2. The first-order chi connectivity index (χ1) is 8.69. The highest BCUT2D eigenvalue weighted by Gasteiger charge is 2.19. The van der Waals surface area contributed by atoms with Crippen LogP contribution in [0.3, 0.4) is 0 Å². The number of imidazole rings is 1. The molecule has 18 heavy (non-hydrogen) atoms. The highest BCUT2D eigenvalue weighted by Crippen LogP contribution is 2.21. The van der Waals surface area contributed by atoms with E-state index in [4.69, 9.17) is 5.73 Å². The lowest BCUT2D eigenvalue weighted by molar-refractivity contribution is 0.0597. The first-order valence-corrected chi connectivity index (χ1v) is 5.66. The summed E-state index contributed by atoms with van der Waals surface area (Å²) in [4.78, 5) is 15.9. The Hall–Kier alpha value is -2.08. The number of pyridine rings is 1. The molecule has 0 unspecified atom stereocenters. The third-order valence-corrected chi connectivity index (χ3v) is 2.69. The monoisotopic (exact) mass is 249 g/mol. The van der Waals surface area contributed by atoms with E-state index in [1.54, 1.807) is 22.6 Å². The fraction of sp³-hybridized carbons (Fsp3) is 0.333. The van der Waals surface area contributed by atoms with Gasteiger partial charge < -0.3 is 15.6 Å². The highest BCUT2D eigenvalue weighted by atomic mass is 16.5. The molecule has 96 valence electrons. The number of nitrogens with two attached hydrogens (primary N) is 1. The summed E-state index contributed by atoms with van der Waals surface area (Å²) in [5.74, 6) is 0.133. The Balaban J connectivity index is 2.60. The second-order valence-corrected chi connectivity index (χ2v) is 3.87. The van der Waals surface area contributed by atoms with Crippen LogP contribution in [0.15, 0.2) is 18.2 Å². The van der Waals surface area contributed by atoms with Gasteiger partial charge in [0.2, 0.25) is 0 Å². The van der Waals surface area contributed by atoms with Gasteiger partial charge in [-0.05, 0) is 25.1 Å². The van der Waals surface area contributed by atoms with Crippen LogP contribution in [0.25, 0.3) is 5.52 Å². The molecule has 0 spiro atoms. The molecular weight excluding hydrogens is 234 g/mol. The number of aryl methyl sites for hydroxylation is 1. The lowest BCUT2D eigenvalue weighted by Crippen LogP contribution is -2.04. The predicted molar refractivity (Wildman–Crippen MR) is 65.6 cm³/mol. The number of hydrogen-bond acceptors (Lipinski definition) is 5. The van der Waals surface area contributed by atoms with Crippen LogP contribution in [0.5, 0.6) is 5.88 Å². The molecule has 6 heteroatoms. The molecule has 0 atom stereocenters. The average Bonchev–Trinajstić information content (AvgIpc) is 2.75. The molecule has 2 aromatic rings. The molecule has 0 fully saturated rings. The molecule has 0 saturated carbocycles. The third-order valence-electron chi connectivity index (χ3n) is 2.69. The second-order valence-electron chi connectivity index (χ2n) is 3.87. The minimum atomic E-state index is -0.517. The van der Waals surface area contributed by atoms with Crippen molar-refractivity contribution in [2.45, 2.75) is 12.8 Å². The highest BCUT2D eigenvalue weighted by molar-refractivity contribution is 5.95. The Kier molecular flexibility index (Phi) is 3.47. The molecule has 0 aliphatic heterocycles. The zero-order valence-corrected chi connectivity index (χ0v) is 10.1. The number of nitrogens with zero attached hydrogens (tertiary/aromatic N) is 2. The normalized spacial score (nSPS) is 10.8. The lowest BCUT2D eigenvalue weighted by atomic mass is 10.3. The maximum absolute atomic E-state index is 11.6. The Labute approximate surface area is 104 Å². The van der Waals surface area contributed by atoms with Crippen molar-refractivity contribution < 1.29 is 14.6 Å². The van der Waals surface area contributed by atoms with Gasteiger partial charge in [0.1, 0.15) is 5.82 Å². The molecule has 0 amide bonds. The van der Waals surface area contributed by atoms with Crippen LogP contribution < -0.4 is 5.73 Å². The number of rotatable bonds is 4. The quantitative estimate of drug-likeness (QED) is 0.779. The molecule has 0 radical (unpaired) electrons. The first-order valence-electron chi connectivity index (χ1n) is 5.66. The summed E-state index contributed by atoms with van der Waals surface area (Å²) in [5, 5.41) is 9.86. The molecule has 2 rings (SSSR count). The smallest absolute Gasteiger partial charge is 0.358 e. The van der Waals surface area contributed by atoms with Crippen LogP contribution >= 0.6 is 0 Å². The van der Waals surface area contributed by atoms with Gasteiger partial charge in [-0.2, -0.15) is 0 Å². The maximum atomic E-state index is 11.6. The SMILES string of the molecule is COC(=O)c1nc(CCCN)n2c(O)cccc12. The van der Waals surface area contributed by atoms with Crippen LogP contribution in [-0.4, -0.2) is 34.1 Å². The van der Waals surface area contributed by atoms with Crippen molar-refractivity contribution in [2.24, 2.45) is 5.73 Å². The van der Waals surface area contributed by atoms with Crippen LogP contribution in [-0.2, 0) is 11.2 Å². The number of ether oxygens (including phenoxy) is 1. The molecule has 2 heterocycles. The van der Waals surface area contributed by atoms with E-state index in [2.05, 4.69) is 9.72 Å². The average molecular weight is 249 g/mol. The van der Waals surface area contributed by atoms with E-state index in [1.807, 2.05) is 0 Å². The Bertz CT molecular complexity index is 577. The van der Waals surface area contributed by atoms with E-state index in [1.165, 1.54) is 7.11 Å². The van der Waals surface area contributed by atoms with E-state index < -0.39 is 5.97 Å². The van der Waals surface area contributed by atoms with Gasteiger partial charge in [0, 0.05) is 6.42 Å². The summed E-state index contributed by atoms with van der Waals surface area (Å²) in [6, 6.07) is 4.91. The minimum Gasteiger partial charge on any atom is -0.494 e. The Morgan fingerprint density at radius 2 is 2.33 bits per heavy atom. The number of carbonyl (C=O) groups excluding carboxylic acids is 1. The largest absolute Gasteiger partial charge is 0.494 e. The first kappa shape index (κ1) is 12.4. The van der Waals surface area contributed by atoms with Gasteiger partial charge in [-0.15, -0.1) is 0 Å². The standard InChI is InChI=1S/C12H15N3O3/c1-18-12(17)11-8-4-2-6-10(16)15(8)9(14-11)5-3-7-13/h2,4,6,16H,3,5,7,13H2,1H3. The van der Waals surface area contributed by atoms with E-state index in [0.717, 1.165) is 6.42 Å². The molecule has 0 saturated heterocycles. The van der Waals surface area contributed by atoms with Crippen LogP contribution in [0.4, 0.5) is 0 Å². The van der Waals surface area contributed by atoms with Gasteiger partial charge in [0.25, 0.3) is 0 Å². The van der Waals surface area contributed by atoms with E-state index in [0.29, 0.717) is 24.3 Å². The van der Waals surface area contributed by atoms with Crippen molar-refractivity contribution in [3.63, 3.8) is 0 Å². The maximum Gasteiger partial charge on any atom is 0.358 e. The summed E-state index contributed by atoms with van der Waals surface area (Å²) >= 11 is 0. The summed E-state index contributed by atoms with van der Waals surface area (Å²) in [7, 11) is 1.30. The predicted octanol–water partition coefficient (Wildman–Crippen LogP) is 0.718. The summed E-state index contributed by atoms with van der Waals surface area (Å²) in [6.45, 7) is 0.524. The van der Waals surface area contributed by atoms with Gasteiger partial charge >= 0.3 is 5.97 Å². The fourth-order valence-corrected chi connectivity index (χ4v) is 1.87. The zero-order valence-electron chi connectivity index (χ0n) is 10.1. The van der Waals surface area contributed by atoms with E-state index in [-0.39, 0.29) is 11.6 Å². The second kappa shape index (κ2) is 5.05. The van der Waals surface area contributed by atoms with Crippen LogP contribution in [0.2, 0.25) is 0 Å². The molecule has 2 aromatic heterocycles. The number of fused-ring (bicyclic) bond motifs is 1. The van der Waals surface area contributed by atoms with Crippen molar-refractivity contribution >= 4 is 11.5 Å². The molecule has 0 aliphatic carbocycles. The Morgan fingerprint density at radius 3 is 3.00 bits per heavy atom. The minimum absolute atomic E-state index is 0.0437. The van der Waals surface area contributed by atoms with Gasteiger partial charge in [0.05, 0.1) is 12.6 Å². The van der Waals surface area contributed by atoms with Gasteiger partial charge in [-0.3, -0.25) is 4.40 Å². The number of esters is 1. The van der Waals surface area contributed by atoms with Crippen molar-refractivity contribution in [3.05, 3.63) is 29.7 Å². The molecular formula is C12H15N3O3. The number of aromatic nitrogens is 2. The topological polar surface area (TPSA) is 89.8 Å². The van der Waals surface area contributed by atoms with Crippen molar-refractivity contribution in [1.29, 1.82) is 0 Å². The number of methoxy groups -OCH3 is 1. The van der Waals surface area contributed by atoms with E-state index in [9.17, 15) is 9.90 Å². The molecule has 0 aliphatic rings. The van der Waals surface area contributed by atoms with Crippen molar-refractivity contribution in [2.75, 3.05) is 13.7 Å². The summed E-state index contributed by atoms with van der Waals surface area (Å²) in [6.07, 6.45) is 1.32. The summed E-state index contributed by atoms with van der Waals surface area (Å²) in [5.41, 5.74) is 6.20. The van der Waals surface area contributed by atoms with Crippen LogP contribution in [0.1, 0.15) is 22.7 Å². The molecule has 0 bridgehead atoms. The number of carbonyl (C=O) groups is 1. The molecule has 3 N–H and O–H groups in total. The third kappa shape index (κ3) is 2.02. The molecule has 0 aromatic carbocycles. The number of aromatic hydroxyl groups is 1. The van der Waals surface area contributed by atoms with Gasteiger partial charge in [-0.1, -0.05) is 6.07 Å². The molecule has 6 nitrogen and oxygen atoms in total. The van der Waals surface area contributed by atoms with Crippen molar-refractivity contribution in [1.82, 2.24) is 9.38 Å².